The van der Waals surface area contributed by atoms with Gasteiger partial charge >= 0.3 is 0 Å². The molecule has 8 heteroatoms. The number of aryl methyl sites for hydroxylation is 2. The van der Waals surface area contributed by atoms with E-state index in [2.05, 4.69) is 50.4 Å². The first kappa shape index (κ1) is 18.3. The molecule has 0 bridgehead atoms. The predicted octanol–water partition coefficient (Wildman–Crippen LogP) is 2.48. The Morgan fingerprint density at radius 1 is 1.24 bits per heavy atom. The molecule has 29 heavy (non-hydrogen) atoms. The van der Waals surface area contributed by atoms with Gasteiger partial charge in [-0.2, -0.15) is 0 Å². The number of nitrogens with zero attached hydrogens (tertiary/aromatic N) is 6. The van der Waals surface area contributed by atoms with E-state index >= 15 is 0 Å². The van der Waals surface area contributed by atoms with Crippen LogP contribution in [0, 0.1) is 11.3 Å². The molecule has 2 aliphatic heterocycles. The number of fused-ring (bicyclic) bond motifs is 1. The van der Waals surface area contributed by atoms with Crippen LogP contribution in [0.4, 0.5) is 5.13 Å². The lowest BCUT2D eigenvalue weighted by Crippen LogP contribution is -2.37. The third kappa shape index (κ3) is 3.31. The van der Waals surface area contributed by atoms with Gasteiger partial charge in [0.05, 0.1) is 12.5 Å². The monoisotopic (exact) mass is 408 g/mol. The minimum absolute atomic E-state index is 0.0791. The van der Waals surface area contributed by atoms with Crippen molar-refractivity contribution in [3.8, 4) is 0 Å². The third-order valence-electron chi connectivity index (χ3n) is 6.46. The first-order valence-corrected chi connectivity index (χ1v) is 10.8. The number of rotatable bonds is 5. The molecule has 2 aromatic heterocycles. The smallest absolute Gasteiger partial charge is 0.272 e. The van der Waals surface area contributed by atoms with Crippen LogP contribution in [0.2, 0.25) is 0 Å². The molecule has 1 aromatic carbocycles. The van der Waals surface area contributed by atoms with Gasteiger partial charge < -0.3 is 14.4 Å². The van der Waals surface area contributed by atoms with E-state index in [1.165, 1.54) is 5.56 Å². The molecule has 2 atom stereocenters. The number of likely N-dealkylation sites (tertiary alicyclic amines) is 1. The number of imidazole rings is 1. The maximum atomic E-state index is 13.1. The van der Waals surface area contributed by atoms with Crippen LogP contribution in [-0.2, 0) is 13.5 Å². The largest absolute Gasteiger partial charge is 0.346 e. The molecule has 2 aliphatic rings. The van der Waals surface area contributed by atoms with Gasteiger partial charge in [0.25, 0.3) is 5.91 Å². The molecule has 4 heterocycles. The number of amides is 1. The molecular formula is C21H24N6OS. The van der Waals surface area contributed by atoms with E-state index in [1.807, 2.05) is 11.9 Å². The van der Waals surface area contributed by atoms with Crippen molar-refractivity contribution in [2.75, 3.05) is 31.1 Å². The fourth-order valence-electron chi connectivity index (χ4n) is 4.91. The SMILES string of the molecule is Cn1cncc1C(=O)N1C[C@@H]2CN(c3nncs3)C[C@]2(CCc2ccccc2)C1. The van der Waals surface area contributed by atoms with Gasteiger partial charge in [-0.1, -0.05) is 41.7 Å². The summed E-state index contributed by atoms with van der Waals surface area (Å²) < 4.78 is 1.81. The molecule has 0 radical (unpaired) electrons. The summed E-state index contributed by atoms with van der Waals surface area (Å²) in [4.78, 5) is 21.6. The van der Waals surface area contributed by atoms with Crippen molar-refractivity contribution in [1.82, 2.24) is 24.6 Å². The summed E-state index contributed by atoms with van der Waals surface area (Å²) >= 11 is 1.59. The number of carbonyl (C=O) groups is 1. The molecule has 3 aromatic rings. The number of carbonyl (C=O) groups excluding carboxylic acids is 1. The zero-order valence-electron chi connectivity index (χ0n) is 16.4. The normalized spacial score (nSPS) is 23.6. The highest BCUT2D eigenvalue weighted by molar-refractivity contribution is 7.13. The van der Waals surface area contributed by atoms with E-state index in [1.54, 1.807) is 33.9 Å². The number of anilines is 1. The van der Waals surface area contributed by atoms with Gasteiger partial charge in [0.2, 0.25) is 5.13 Å². The summed E-state index contributed by atoms with van der Waals surface area (Å²) in [5.41, 5.74) is 3.88. The van der Waals surface area contributed by atoms with Crippen LogP contribution in [0.5, 0.6) is 0 Å². The van der Waals surface area contributed by atoms with Gasteiger partial charge in [-0.25, -0.2) is 4.98 Å². The first-order valence-electron chi connectivity index (χ1n) is 9.95. The van der Waals surface area contributed by atoms with E-state index in [9.17, 15) is 4.79 Å². The predicted molar refractivity (Wildman–Crippen MR) is 112 cm³/mol. The minimum atomic E-state index is 0.0791. The Labute approximate surface area is 174 Å². The van der Waals surface area contributed by atoms with Crippen LogP contribution in [0.25, 0.3) is 0 Å². The van der Waals surface area contributed by atoms with E-state index in [0.29, 0.717) is 11.6 Å². The summed E-state index contributed by atoms with van der Waals surface area (Å²) in [5.74, 6) is 0.522. The second kappa shape index (κ2) is 7.26. The summed E-state index contributed by atoms with van der Waals surface area (Å²) in [5, 5.41) is 9.29. The molecule has 2 saturated heterocycles. The molecule has 0 saturated carbocycles. The Morgan fingerprint density at radius 2 is 2.10 bits per heavy atom. The van der Waals surface area contributed by atoms with Crippen molar-refractivity contribution in [1.29, 1.82) is 0 Å². The van der Waals surface area contributed by atoms with Crippen molar-refractivity contribution in [2.24, 2.45) is 18.4 Å². The molecule has 0 N–H and O–H groups in total. The quantitative estimate of drug-likeness (QED) is 0.649. The van der Waals surface area contributed by atoms with E-state index in [0.717, 1.165) is 44.2 Å². The van der Waals surface area contributed by atoms with Gasteiger partial charge in [0, 0.05) is 44.6 Å². The number of benzene rings is 1. The van der Waals surface area contributed by atoms with Gasteiger partial charge in [-0.05, 0) is 18.4 Å². The lowest BCUT2D eigenvalue weighted by molar-refractivity contribution is 0.0761. The van der Waals surface area contributed by atoms with E-state index in [-0.39, 0.29) is 11.3 Å². The minimum Gasteiger partial charge on any atom is -0.346 e. The standard InChI is InChI=1S/C21H24N6OS/c1-25-14-22-9-18(25)19(28)26-10-17-11-27(20-24-23-15-29-20)13-21(17,12-26)8-7-16-5-3-2-4-6-16/h2-6,9,14-15,17H,7-8,10-13H2,1H3/t17-,21+/m1/s1. The molecular weight excluding hydrogens is 384 g/mol. The zero-order chi connectivity index (χ0) is 19.8. The molecule has 150 valence electrons. The van der Waals surface area contributed by atoms with Crippen molar-refractivity contribution < 1.29 is 4.79 Å². The van der Waals surface area contributed by atoms with Crippen LogP contribution < -0.4 is 4.90 Å². The summed E-state index contributed by atoms with van der Waals surface area (Å²) in [6, 6.07) is 10.6. The Morgan fingerprint density at radius 3 is 2.83 bits per heavy atom. The Bertz CT molecular complexity index is 988. The fourth-order valence-corrected chi connectivity index (χ4v) is 5.48. The Kier molecular flexibility index (Phi) is 4.58. The average molecular weight is 409 g/mol. The lowest BCUT2D eigenvalue weighted by atomic mass is 9.76. The highest BCUT2D eigenvalue weighted by atomic mass is 32.1. The van der Waals surface area contributed by atoms with Crippen LogP contribution in [0.3, 0.4) is 0 Å². The molecule has 2 fully saturated rings. The summed E-state index contributed by atoms with van der Waals surface area (Å²) in [6.07, 6.45) is 5.44. The van der Waals surface area contributed by atoms with Crippen LogP contribution in [0.1, 0.15) is 22.5 Å². The maximum absolute atomic E-state index is 13.1. The van der Waals surface area contributed by atoms with Gasteiger partial charge in [-0.15, -0.1) is 10.2 Å². The molecule has 5 rings (SSSR count). The molecule has 0 spiro atoms. The van der Waals surface area contributed by atoms with Crippen molar-refractivity contribution in [3.63, 3.8) is 0 Å². The van der Waals surface area contributed by atoms with E-state index < -0.39 is 0 Å². The highest BCUT2D eigenvalue weighted by Crippen LogP contribution is 2.47. The molecule has 0 unspecified atom stereocenters. The second-order valence-electron chi connectivity index (χ2n) is 8.22. The summed E-state index contributed by atoms with van der Waals surface area (Å²) in [6.45, 7) is 3.42. The Balaban J connectivity index is 1.38. The molecule has 7 nitrogen and oxygen atoms in total. The summed E-state index contributed by atoms with van der Waals surface area (Å²) in [7, 11) is 1.87. The van der Waals surface area contributed by atoms with Gasteiger partial charge in [-0.3, -0.25) is 4.79 Å². The topological polar surface area (TPSA) is 67.2 Å². The first-order chi connectivity index (χ1) is 14.1. The van der Waals surface area contributed by atoms with Crippen molar-refractivity contribution >= 4 is 22.4 Å². The van der Waals surface area contributed by atoms with Crippen molar-refractivity contribution in [3.05, 3.63) is 59.6 Å². The van der Waals surface area contributed by atoms with Crippen LogP contribution in [-0.4, -0.2) is 56.7 Å². The third-order valence-corrected chi connectivity index (χ3v) is 7.21. The number of hydrogen-bond donors (Lipinski definition) is 0. The van der Waals surface area contributed by atoms with Crippen LogP contribution in [0.15, 0.2) is 48.4 Å². The zero-order valence-corrected chi connectivity index (χ0v) is 17.3. The van der Waals surface area contributed by atoms with Crippen LogP contribution >= 0.6 is 11.3 Å². The average Bonchev–Trinajstić information content (AvgIpc) is 3.50. The van der Waals surface area contributed by atoms with E-state index in [4.69, 9.17) is 0 Å². The Hall–Kier alpha value is -2.74. The maximum Gasteiger partial charge on any atom is 0.272 e. The number of aromatic nitrogens is 4. The molecule has 1 amide bonds. The highest BCUT2D eigenvalue weighted by Gasteiger charge is 2.53. The van der Waals surface area contributed by atoms with Gasteiger partial charge in [0.1, 0.15) is 11.2 Å². The molecule has 0 aliphatic carbocycles. The fraction of sp³-hybridized carbons (Fsp3) is 0.429. The lowest BCUT2D eigenvalue weighted by Gasteiger charge is -2.29. The van der Waals surface area contributed by atoms with Crippen molar-refractivity contribution in [2.45, 2.75) is 12.8 Å². The van der Waals surface area contributed by atoms with Gasteiger partial charge in [0.15, 0.2) is 0 Å². The second-order valence-corrected chi connectivity index (χ2v) is 9.03. The number of hydrogen-bond acceptors (Lipinski definition) is 6.